The van der Waals surface area contributed by atoms with E-state index in [1.807, 2.05) is 29.0 Å². The molecule has 0 aliphatic heterocycles. The summed E-state index contributed by atoms with van der Waals surface area (Å²) >= 11 is 4.38. The quantitative estimate of drug-likeness (QED) is 0.245. The minimum absolute atomic E-state index is 0.0288. The van der Waals surface area contributed by atoms with Gasteiger partial charge in [0.05, 0.1) is 10.6 Å². The molecule has 0 saturated carbocycles. The lowest BCUT2D eigenvalue weighted by molar-refractivity contribution is -0.117. The van der Waals surface area contributed by atoms with Crippen molar-refractivity contribution >= 4 is 34.5 Å². The minimum atomic E-state index is -3.99. The van der Waals surface area contributed by atoms with Gasteiger partial charge in [0.1, 0.15) is 0 Å². The molecule has 1 aromatic heterocycles. The van der Waals surface area contributed by atoms with Gasteiger partial charge in [-0.3, -0.25) is 9.59 Å². The molecule has 8 nitrogen and oxygen atoms in total. The van der Waals surface area contributed by atoms with Gasteiger partial charge in [0, 0.05) is 36.4 Å². The summed E-state index contributed by atoms with van der Waals surface area (Å²) in [5, 5.41) is 3.03. The predicted octanol–water partition coefficient (Wildman–Crippen LogP) is 4.52. The van der Waals surface area contributed by atoms with Gasteiger partial charge in [-0.15, -0.1) is 0 Å². The summed E-state index contributed by atoms with van der Waals surface area (Å²) in [4.78, 5) is 32.1. The Labute approximate surface area is 230 Å². The van der Waals surface area contributed by atoms with Gasteiger partial charge in [-0.2, -0.15) is 12.6 Å². The summed E-state index contributed by atoms with van der Waals surface area (Å²) in [5.41, 5.74) is 3.93. The third kappa shape index (κ3) is 7.70. The van der Waals surface area contributed by atoms with Gasteiger partial charge in [-0.05, 0) is 36.0 Å². The van der Waals surface area contributed by atoms with Crippen LogP contribution in [-0.2, 0) is 27.7 Å². The lowest BCUT2D eigenvalue weighted by Crippen LogP contribution is -2.37. The maximum atomic E-state index is 12.9. The lowest BCUT2D eigenvalue weighted by atomic mass is 10.0. The minimum Gasteiger partial charge on any atom is -0.346 e. The highest BCUT2D eigenvalue weighted by molar-refractivity contribution is 7.90. The van der Waals surface area contributed by atoms with Gasteiger partial charge >= 0.3 is 0 Å². The number of rotatable bonds is 12. The molecule has 0 spiro atoms. The van der Waals surface area contributed by atoms with Crippen molar-refractivity contribution in [1.82, 2.24) is 20.0 Å². The molecule has 2 aromatic carbocycles. The highest BCUT2D eigenvalue weighted by atomic mass is 32.2. The molecule has 1 atom stereocenters. The van der Waals surface area contributed by atoms with Gasteiger partial charge < -0.3 is 10.3 Å². The number of amides is 2. The summed E-state index contributed by atoms with van der Waals surface area (Å²) in [6, 6.07) is 14.1. The maximum absolute atomic E-state index is 12.9. The number of carbonyl (C=O) groups is 2. The van der Waals surface area contributed by atoms with Crippen LogP contribution < -0.4 is 10.0 Å². The molecule has 3 rings (SSSR count). The number of nitrogens with zero attached hydrogens (tertiary/aromatic N) is 1. The number of thiol groups is 1. The summed E-state index contributed by atoms with van der Waals surface area (Å²) in [6.45, 7) is 7.45. The average molecular weight is 557 g/mol. The molecule has 2 amide bonds. The predicted molar refractivity (Wildman–Crippen MR) is 153 cm³/mol. The molecule has 1 heterocycles. The fraction of sp³-hybridized carbons (Fsp3) is 0.393. The van der Waals surface area contributed by atoms with E-state index >= 15 is 0 Å². The molecule has 3 N–H and O–H groups in total. The zero-order valence-corrected chi connectivity index (χ0v) is 24.0. The van der Waals surface area contributed by atoms with Crippen LogP contribution in [0, 0.1) is 5.92 Å². The first-order chi connectivity index (χ1) is 18.0. The van der Waals surface area contributed by atoms with Crippen molar-refractivity contribution in [3.8, 4) is 11.1 Å². The number of benzene rings is 2. The Balaban J connectivity index is 1.83. The van der Waals surface area contributed by atoms with Gasteiger partial charge in [-0.25, -0.2) is 18.1 Å². The Morgan fingerprint density at radius 1 is 1.08 bits per heavy atom. The molecule has 38 heavy (non-hydrogen) atoms. The van der Waals surface area contributed by atoms with Crippen LogP contribution in [0.1, 0.15) is 68.1 Å². The average Bonchev–Trinajstić information content (AvgIpc) is 3.25. The first-order valence-electron chi connectivity index (χ1n) is 12.7. The molecule has 204 valence electrons. The Hall–Kier alpha value is -3.11. The van der Waals surface area contributed by atoms with E-state index in [0.717, 1.165) is 43.1 Å². The number of imidazole rings is 1. The van der Waals surface area contributed by atoms with Crippen molar-refractivity contribution in [1.29, 1.82) is 0 Å². The fourth-order valence-corrected chi connectivity index (χ4v) is 5.80. The largest absolute Gasteiger partial charge is 0.346 e. The summed E-state index contributed by atoms with van der Waals surface area (Å²) in [5.74, 6) is 0.414. The molecule has 0 bridgehead atoms. The first kappa shape index (κ1) is 29.4. The topological polar surface area (TPSA) is 121 Å². The van der Waals surface area contributed by atoms with Crippen LogP contribution in [0.2, 0.25) is 0 Å². The Kier molecular flexibility index (Phi) is 10.2. The van der Waals surface area contributed by atoms with Crippen molar-refractivity contribution in [3.63, 3.8) is 0 Å². The molecule has 0 aliphatic carbocycles. The van der Waals surface area contributed by atoms with Crippen molar-refractivity contribution < 1.29 is 18.0 Å². The van der Waals surface area contributed by atoms with Crippen molar-refractivity contribution in [2.45, 2.75) is 64.3 Å². The summed E-state index contributed by atoms with van der Waals surface area (Å²) in [7, 11) is -3.99. The van der Waals surface area contributed by atoms with E-state index in [0.29, 0.717) is 35.0 Å². The van der Waals surface area contributed by atoms with E-state index in [1.54, 1.807) is 18.2 Å². The number of nitrogens with one attached hydrogen (secondary N) is 3. The normalized spacial score (nSPS) is 12.4. The van der Waals surface area contributed by atoms with Crippen molar-refractivity contribution in [3.05, 3.63) is 71.3 Å². The maximum Gasteiger partial charge on any atom is 0.287 e. The molecular weight excluding hydrogens is 520 g/mol. The number of H-pyrrole nitrogens is 1. The van der Waals surface area contributed by atoms with Crippen LogP contribution >= 0.6 is 12.6 Å². The summed E-state index contributed by atoms with van der Waals surface area (Å²) < 4.78 is 27.3. The fourth-order valence-electron chi connectivity index (χ4n) is 4.33. The zero-order chi connectivity index (χ0) is 27.9. The Morgan fingerprint density at radius 3 is 2.37 bits per heavy atom. The molecule has 1 unspecified atom stereocenters. The van der Waals surface area contributed by atoms with Crippen LogP contribution in [0.25, 0.3) is 11.1 Å². The zero-order valence-electron chi connectivity index (χ0n) is 22.2. The van der Waals surface area contributed by atoms with Gasteiger partial charge in [-0.1, -0.05) is 69.7 Å². The van der Waals surface area contributed by atoms with Crippen molar-refractivity contribution in [2.24, 2.45) is 5.92 Å². The third-order valence-electron chi connectivity index (χ3n) is 5.98. The second kappa shape index (κ2) is 13.1. The van der Waals surface area contributed by atoms with Gasteiger partial charge in [0.2, 0.25) is 5.91 Å². The standard InChI is InChI=1S/C28H36N4O4S2/c1-5-8-24-25(31-27(30-24)28(34)29-22(17-37)15-18(2)3)16-20-11-13-21(14-12-20)23-9-6-7-10-26(23)38(35,36)32-19(4)33/h6-7,9-14,18,22,37H,5,8,15-17H2,1-4H3,(H,29,34)(H,30,31)(H,32,33). The van der Waals surface area contributed by atoms with E-state index in [9.17, 15) is 18.0 Å². The number of aryl methyl sites for hydroxylation is 1. The Bertz CT molecular complexity index is 1370. The van der Waals surface area contributed by atoms with E-state index in [-0.39, 0.29) is 16.8 Å². The van der Waals surface area contributed by atoms with Crippen LogP contribution in [0.15, 0.2) is 53.4 Å². The van der Waals surface area contributed by atoms with E-state index in [1.165, 1.54) is 6.07 Å². The number of carbonyl (C=O) groups excluding carboxylic acids is 2. The van der Waals surface area contributed by atoms with Crippen LogP contribution in [0.4, 0.5) is 0 Å². The highest BCUT2D eigenvalue weighted by Gasteiger charge is 2.21. The number of aromatic amines is 1. The van der Waals surface area contributed by atoms with Crippen molar-refractivity contribution in [2.75, 3.05) is 5.75 Å². The molecule has 0 saturated heterocycles. The number of sulfonamides is 1. The molecular formula is C28H36N4O4S2. The Morgan fingerprint density at radius 2 is 1.76 bits per heavy atom. The van der Waals surface area contributed by atoms with Crippen LogP contribution in [0.3, 0.4) is 0 Å². The molecule has 0 fully saturated rings. The third-order valence-corrected chi connectivity index (χ3v) is 7.91. The monoisotopic (exact) mass is 556 g/mol. The number of hydrogen-bond donors (Lipinski definition) is 4. The second-order valence-corrected chi connectivity index (χ2v) is 11.8. The molecule has 0 radical (unpaired) electrons. The molecule has 3 aromatic rings. The van der Waals surface area contributed by atoms with Gasteiger partial charge in [0.15, 0.2) is 5.82 Å². The second-order valence-electron chi connectivity index (χ2n) is 9.77. The highest BCUT2D eigenvalue weighted by Crippen LogP contribution is 2.28. The SMILES string of the molecule is CCCc1nc(C(=O)NC(CS)CC(C)C)[nH]c1Cc1ccc(-c2ccccc2S(=O)(=O)NC(C)=O)cc1. The summed E-state index contributed by atoms with van der Waals surface area (Å²) in [6.07, 6.45) is 3.02. The lowest BCUT2D eigenvalue weighted by Gasteiger charge is -2.17. The number of aromatic nitrogens is 2. The van der Waals surface area contributed by atoms with E-state index in [4.69, 9.17) is 0 Å². The first-order valence-corrected chi connectivity index (χ1v) is 14.9. The smallest absolute Gasteiger partial charge is 0.287 e. The molecule has 10 heteroatoms. The number of hydrogen-bond acceptors (Lipinski definition) is 6. The van der Waals surface area contributed by atoms with Crippen LogP contribution in [0.5, 0.6) is 0 Å². The van der Waals surface area contributed by atoms with Gasteiger partial charge in [0.25, 0.3) is 15.9 Å². The van der Waals surface area contributed by atoms with Crippen LogP contribution in [-0.4, -0.2) is 42.0 Å². The van der Waals surface area contributed by atoms with E-state index in [2.05, 4.69) is 48.7 Å². The van der Waals surface area contributed by atoms with E-state index < -0.39 is 15.9 Å². The molecule has 0 aliphatic rings.